The number of rotatable bonds is 2. The predicted molar refractivity (Wildman–Crippen MR) is 113 cm³/mol. The lowest BCUT2D eigenvalue weighted by molar-refractivity contribution is -0.206. The molecule has 29 heavy (non-hydrogen) atoms. The molecule has 0 unspecified atom stereocenters. The van der Waals surface area contributed by atoms with E-state index in [-0.39, 0.29) is 16.9 Å². The van der Waals surface area contributed by atoms with Crippen molar-refractivity contribution in [1.29, 1.82) is 0 Å². The normalized spacial score (nSPS) is 53.4. The van der Waals surface area contributed by atoms with Crippen molar-refractivity contribution in [3.05, 3.63) is 0 Å². The number of ketones is 1. The van der Waals surface area contributed by atoms with Crippen LogP contribution in [0.5, 0.6) is 0 Å². The Bertz CT molecular complexity index is 717. The van der Waals surface area contributed by atoms with Crippen LogP contribution in [-0.4, -0.2) is 41.4 Å². The quantitative estimate of drug-likeness (QED) is 0.691. The lowest BCUT2D eigenvalue weighted by Crippen LogP contribution is -2.64. The number of nitrogens with zero attached hydrogens (tertiary/aromatic N) is 1. The average molecular weight is 403 g/mol. The molecule has 5 nitrogen and oxygen atoms in total. The number of fused-ring (bicyclic) bond motifs is 5. The maximum atomic E-state index is 12.7. The maximum absolute atomic E-state index is 12.7. The predicted octanol–water partition coefficient (Wildman–Crippen LogP) is 3.69. The van der Waals surface area contributed by atoms with Gasteiger partial charge in [-0.25, -0.2) is 0 Å². The first-order valence-electron chi connectivity index (χ1n) is 11.9. The Balaban J connectivity index is 1.39. The van der Waals surface area contributed by atoms with Gasteiger partial charge in [-0.1, -0.05) is 25.9 Å². The zero-order valence-electron chi connectivity index (χ0n) is 18.4. The minimum atomic E-state index is -0.696. The summed E-state index contributed by atoms with van der Waals surface area (Å²) in [6, 6.07) is 0. The van der Waals surface area contributed by atoms with Gasteiger partial charge in [0.1, 0.15) is 11.9 Å². The van der Waals surface area contributed by atoms with Gasteiger partial charge in [0.15, 0.2) is 0 Å². The lowest BCUT2D eigenvalue weighted by atomic mass is 9.41. The van der Waals surface area contributed by atoms with Crippen molar-refractivity contribution in [1.82, 2.24) is 5.32 Å². The zero-order valence-corrected chi connectivity index (χ0v) is 18.4. The van der Waals surface area contributed by atoms with Crippen molar-refractivity contribution >= 4 is 11.5 Å². The molecule has 0 aromatic carbocycles. The van der Waals surface area contributed by atoms with E-state index < -0.39 is 5.60 Å². The molecule has 8 atom stereocenters. The molecule has 0 bridgehead atoms. The van der Waals surface area contributed by atoms with E-state index in [2.05, 4.69) is 31.2 Å². The zero-order chi connectivity index (χ0) is 20.4. The molecule has 5 fully saturated rings. The minimum Gasteiger partial charge on any atom is -0.391 e. The van der Waals surface area contributed by atoms with Crippen molar-refractivity contribution in [2.45, 2.75) is 90.3 Å². The topological polar surface area (TPSA) is 70.9 Å². The summed E-state index contributed by atoms with van der Waals surface area (Å²) in [6.07, 6.45) is 8.51. The third-order valence-corrected chi connectivity index (χ3v) is 10.0. The summed E-state index contributed by atoms with van der Waals surface area (Å²) in [5.74, 6) is 2.55. The molecule has 162 valence electrons. The molecule has 1 heterocycles. The van der Waals surface area contributed by atoms with Crippen LogP contribution in [0.4, 0.5) is 0 Å². The summed E-state index contributed by atoms with van der Waals surface area (Å²) < 4.78 is 0. The Kier molecular flexibility index (Phi) is 4.67. The first-order chi connectivity index (χ1) is 13.8. The van der Waals surface area contributed by atoms with Crippen molar-refractivity contribution in [2.75, 3.05) is 13.1 Å². The highest BCUT2D eigenvalue weighted by molar-refractivity contribution is 5.87. The van der Waals surface area contributed by atoms with Crippen LogP contribution in [0, 0.1) is 34.5 Å². The van der Waals surface area contributed by atoms with Crippen LogP contribution in [0.2, 0.25) is 0 Å². The second-order valence-corrected chi connectivity index (χ2v) is 11.4. The van der Waals surface area contributed by atoms with E-state index in [0.29, 0.717) is 35.9 Å². The van der Waals surface area contributed by atoms with E-state index >= 15 is 0 Å². The van der Waals surface area contributed by atoms with Crippen molar-refractivity contribution in [3.8, 4) is 0 Å². The summed E-state index contributed by atoms with van der Waals surface area (Å²) in [5.41, 5.74) is 0.161. The number of carbonyl (C=O) groups is 1. The summed E-state index contributed by atoms with van der Waals surface area (Å²) >= 11 is 0. The highest BCUT2D eigenvalue weighted by atomic mass is 16.6. The maximum Gasteiger partial charge on any atom is 0.141 e. The van der Waals surface area contributed by atoms with Crippen molar-refractivity contribution < 1.29 is 14.7 Å². The number of Topliss-reactive ketones (excluding diaryl/α,β-unsaturated/α-hetero) is 1. The van der Waals surface area contributed by atoms with E-state index in [0.717, 1.165) is 70.2 Å². The monoisotopic (exact) mass is 402 g/mol. The first-order valence-corrected chi connectivity index (χ1v) is 11.9. The van der Waals surface area contributed by atoms with Crippen LogP contribution >= 0.6 is 0 Å². The molecular weight excluding hydrogens is 364 g/mol. The Morgan fingerprint density at radius 3 is 2.72 bits per heavy atom. The Morgan fingerprint density at radius 1 is 1.14 bits per heavy atom. The second kappa shape index (κ2) is 6.78. The molecular formula is C24H38N2O3. The van der Waals surface area contributed by atoms with Gasteiger partial charge in [0.2, 0.25) is 0 Å². The standard InChI is InChI=1S/C24H38N2O3/c1-15-12-24(28)13-16(26-29-17-8-11-25-14-17)6-10-23(24,3)19-7-9-22(2)18(21(15)19)4-5-20(22)27/h15,17-19,21,25,28H,4-14H2,1-3H3/t15-,17-,18+,19+,21+,22+,23-,24-/m1/s1. The van der Waals surface area contributed by atoms with Crippen LogP contribution in [-0.2, 0) is 9.63 Å². The van der Waals surface area contributed by atoms with Crippen molar-refractivity contribution in [2.24, 2.45) is 39.7 Å². The summed E-state index contributed by atoms with van der Waals surface area (Å²) in [7, 11) is 0. The molecule has 0 amide bonds. The van der Waals surface area contributed by atoms with Crippen LogP contribution in [0.1, 0.15) is 78.6 Å². The molecule has 1 saturated heterocycles. The number of aliphatic hydroxyl groups is 1. The second-order valence-electron chi connectivity index (χ2n) is 11.4. The molecule has 5 heteroatoms. The van der Waals surface area contributed by atoms with Crippen LogP contribution < -0.4 is 5.32 Å². The molecule has 1 aliphatic heterocycles. The Hall–Kier alpha value is -0.940. The molecule has 0 aromatic heterocycles. The molecule has 0 aromatic rings. The SMILES string of the molecule is C[C@@H]1C[C@@]2(O)CC(=NO[C@@H]3CCNC3)CC[C@]2(C)[C@H]2CC[C@]3(C)C(=O)CC[C@H]3[C@H]12. The van der Waals surface area contributed by atoms with E-state index in [1.165, 1.54) is 0 Å². The highest BCUT2D eigenvalue weighted by Gasteiger charge is 2.66. The number of hydrogen-bond acceptors (Lipinski definition) is 5. The van der Waals surface area contributed by atoms with E-state index in [1.54, 1.807) is 0 Å². The van der Waals surface area contributed by atoms with Crippen molar-refractivity contribution in [3.63, 3.8) is 0 Å². The van der Waals surface area contributed by atoms with Gasteiger partial charge < -0.3 is 15.3 Å². The fraction of sp³-hybridized carbons (Fsp3) is 0.917. The molecule has 0 spiro atoms. The molecule has 5 aliphatic rings. The van der Waals surface area contributed by atoms with Gasteiger partial charge in [-0.05, 0) is 68.7 Å². The Morgan fingerprint density at radius 2 is 1.97 bits per heavy atom. The third kappa shape index (κ3) is 2.86. The molecule has 4 aliphatic carbocycles. The highest BCUT2D eigenvalue weighted by Crippen LogP contribution is 2.67. The van der Waals surface area contributed by atoms with Crippen LogP contribution in [0.15, 0.2) is 5.16 Å². The van der Waals surface area contributed by atoms with E-state index in [1.807, 2.05) is 0 Å². The largest absolute Gasteiger partial charge is 0.391 e. The average Bonchev–Trinajstić information content (AvgIpc) is 3.30. The molecule has 4 saturated carbocycles. The summed E-state index contributed by atoms with van der Waals surface area (Å²) in [4.78, 5) is 18.5. The van der Waals surface area contributed by atoms with E-state index in [4.69, 9.17) is 4.84 Å². The van der Waals surface area contributed by atoms with Crippen LogP contribution in [0.25, 0.3) is 0 Å². The van der Waals surface area contributed by atoms with Crippen LogP contribution in [0.3, 0.4) is 0 Å². The Labute approximate surface area is 175 Å². The van der Waals surface area contributed by atoms with Gasteiger partial charge in [0.25, 0.3) is 0 Å². The summed E-state index contributed by atoms with van der Waals surface area (Å²) in [5, 5.41) is 19.8. The summed E-state index contributed by atoms with van der Waals surface area (Å²) in [6.45, 7) is 8.78. The third-order valence-electron chi connectivity index (χ3n) is 10.0. The number of oxime groups is 1. The number of carbonyl (C=O) groups excluding carboxylic acids is 1. The smallest absolute Gasteiger partial charge is 0.141 e. The fourth-order valence-corrected chi connectivity index (χ4v) is 8.22. The van der Waals surface area contributed by atoms with Gasteiger partial charge in [-0.3, -0.25) is 4.79 Å². The van der Waals surface area contributed by atoms with Gasteiger partial charge >= 0.3 is 0 Å². The van der Waals surface area contributed by atoms with Gasteiger partial charge in [-0.2, -0.15) is 0 Å². The molecule has 0 radical (unpaired) electrons. The number of nitrogens with one attached hydrogen (secondary N) is 1. The van der Waals surface area contributed by atoms with Gasteiger partial charge in [0.05, 0.1) is 11.3 Å². The fourth-order valence-electron chi connectivity index (χ4n) is 8.22. The van der Waals surface area contributed by atoms with E-state index in [9.17, 15) is 9.90 Å². The number of hydrogen-bond donors (Lipinski definition) is 2. The molecule has 2 N–H and O–H groups in total. The first kappa shape index (κ1) is 20.0. The molecule has 5 rings (SSSR count). The minimum absolute atomic E-state index is 0.0783. The van der Waals surface area contributed by atoms with Gasteiger partial charge in [0, 0.05) is 36.6 Å². The van der Waals surface area contributed by atoms with Gasteiger partial charge in [-0.15, -0.1) is 0 Å². The lowest BCUT2D eigenvalue weighted by Gasteiger charge is -2.64.